The minimum absolute atomic E-state index is 0.132. The summed E-state index contributed by atoms with van der Waals surface area (Å²) in [6, 6.07) is 6.00. The highest BCUT2D eigenvalue weighted by molar-refractivity contribution is 5.94. The molecule has 3 rings (SSSR count). The summed E-state index contributed by atoms with van der Waals surface area (Å²) in [6.45, 7) is 5.06. The molecule has 0 radical (unpaired) electrons. The third kappa shape index (κ3) is 4.83. The molecule has 0 N–H and O–H groups in total. The van der Waals surface area contributed by atoms with E-state index in [2.05, 4.69) is 24.2 Å². The first kappa shape index (κ1) is 18.4. The van der Waals surface area contributed by atoms with Crippen LogP contribution in [0.1, 0.15) is 20.3 Å². The number of rotatable bonds is 7. The molecule has 1 aliphatic heterocycles. The monoisotopic (exact) mass is 359 g/mol. The highest BCUT2D eigenvalue weighted by Crippen LogP contribution is 2.18. The number of nitrogens with zero attached hydrogens (tertiary/aromatic N) is 3. The Morgan fingerprint density at radius 1 is 1.31 bits per heavy atom. The third-order valence-corrected chi connectivity index (χ3v) is 4.04. The number of hydrogen-bond acceptors (Lipinski definition) is 5. The summed E-state index contributed by atoms with van der Waals surface area (Å²) in [4.78, 5) is 12.1. The zero-order valence-electron chi connectivity index (χ0n) is 14.8. The molecule has 6 nitrogen and oxygen atoms in total. The van der Waals surface area contributed by atoms with Crippen molar-refractivity contribution in [1.29, 1.82) is 0 Å². The molecule has 0 spiro atoms. The molecule has 26 heavy (non-hydrogen) atoms. The fraction of sp³-hybridized carbons (Fsp3) is 0.421. The highest BCUT2D eigenvalue weighted by atomic mass is 19.1. The van der Waals surface area contributed by atoms with Gasteiger partial charge in [0.2, 0.25) is 0 Å². The van der Waals surface area contributed by atoms with Gasteiger partial charge in [0, 0.05) is 5.56 Å². The zero-order chi connectivity index (χ0) is 18.5. The number of hydrogen-bond donors (Lipinski definition) is 0. The standard InChI is InChI=1S/C19H22FN3O3/c1-13(2)9-10-25-19-8-7-17(24)18(26-19)12-23-11-16(21-22-23)14-3-5-15(20)6-4-14/h3-8,11,13,18-19H,9-10,12H2,1-2H3/t18-,19+/m1/s1. The molecule has 1 aromatic carbocycles. The van der Waals surface area contributed by atoms with E-state index >= 15 is 0 Å². The summed E-state index contributed by atoms with van der Waals surface area (Å²) in [5.41, 5.74) is 1.36. The van der Waals surface area contributed by atoms with Crippen LogP contribution in [0.25, 0.3) is 11.3 Å². The number of carbonyl (C=O) groups excluding carboxylic acids is 1. The summed E-state index contributed by atoms with van der Waals surface area (Å²) in [5, 5.41) is 8.10. The van der Waals surface area contributed by atoms with Crippen LogP contribution < -0.4 is 0 Å². The fourth-order valence-electron chi connectivity index (χ4n) is 2.51. The van der Waals surface area contributed by atoms with Gasteiger partial charge in [-0.1, -0.05) is 19.1 Å². The van der Waals surface area contributed by atoms with Gasteiger partial charge in [-0.15, -0.1) is 5.10 Å². The molecule has 2 heterocycles. The predicted molar refractivity (Wildman–Crippen MR) is 93.6 cm³/mol. The largest absolute Gasteiger partial charge is 0.349 e. The van der Waals surface area contributed by atoms with Crippen molar-refractivity contribution >= 4 is 5.78 Å². The quantitative estimate of drug-likeness (QED) is 0.760. The van der Waals surface area contributed by atoms with E-state index in [1.807, 2.05) is 0 Å². The van der Waals surface area contributed by atoms with Crippen molar-refractivity contribution in [3.8, 4) is 11.3 Å². The predicted octanol–water partition coefficient (Wildman–Crippen LogP) is 3.00. The molecular formula is C19H22FN3O3. The van der Waals surface area contributed by atoms with Gasteiger partial charge in [0.15, 0.2) is 12.1 Å². The molecule has 1 aromatic heterocycles. The normalized spacial score (nSPS) is 20.1. The SMILES string of the molecule is CC(C)CCO[C@@H]1C=CC(=O)[C@@H](Cn2cc(-c3ccc(F)cc3)nn2)O1. The maximum absolute atomic E-state index is 13.0. The Balaban J connectivity index is 1.60. The van der Waals surface area contributed by atoms with E-state index in [0.717, 1.165) is 12.0 Å². The molecule has 7 heteroatoms. The fourth-order valence-corrected chi connectivity index (χ4v) is 2.51. The molecule has 0 saturated heterocycles. The van der Waals surface area contributed by atoms with E-state index in [1.165, 1.54) is 18.2 Å². The van der Waals surface area contributed by atoms with E-state index in [1.54, 1.807) is 29.1 Å². The van der Waals surface area contributed by atoms with E-state index in [0.29, 0.717) is 18.2 Å². The summed E-state index contributed by atoms with van der Waals surface area (Å²) < 4.78 is 25.9. The number of halogens is 1. The summed E-state index contributed by atoms with van der Waals surface area (Å²) in [6.07, 6.45) is 4.55. The van der Waals surface area contributed by atoms with Gasteiger partial charge in [-0.2, -0.15) is 0 Å². The summed E-state index contributed by atoms with van der Waals surface area (Å²) >= 11 is 0. The Morgan fingerprint density at radius 2 is 2.08 bits per heavy atom. The van der Waals surface area contributed by atoms with Crippen LogP contribution >= 0.6 is 0 Å². The lowest BCUT2D eigenvalue weighted by atomic mass is 10.1. The van der Waals surface area contributed by atoms with Gasteiger partial charge in [0.25, 0.3) is 0 Å². The Bertz CT molecular complexity index is 771. The molecule has 0 amide bonds. The van der Waals surface area contributed by atoms with Gasteiger partial charge in [0.05, 0.1) is 19.3 Å². The highest BCUT2D eigenvalue weighted by Gasteiger charge is 2.26. The zero-order valence-corrected chi connectivity index (χ0v) is 14.8. The lowest BCUT2D eigenvalue weighted by Gasteiger charge is -2.25. The van der Waals surface area contributed by atoms with Gasteiger partial charge in [-0.25, -0.2) is 9.07 Å². The van der Waals surface area contributed by atoms with Gasteiger partial charge < -0.3 is 9.47 Å². The van der Waals surface area contributed by atoms with Crippen LogP contribution in [-0.2, 0) is 20.8 Å². The molecule has 2 aromatic rings. The van der Waals surface area contributed by atoms with Crippen molar-refractivity contribution in [3.05, 3.63) is 48.4 Å². The van der Waals surface area contributed by atoms with Crippen molar-refractivity contribution in [1.82, 2.24) is 15.0 Å². The van der Waals surface area contributed by atoms with Crippen molar-refractivity contribution in [2.75, 3.05) is 6.61 Å². The van der Waals surface area contributed by atoms with E-state index in [-0.39, 0.29) is 18.1 Å². The first-order valence-corrected chi connectivity index (χ1v) is 8.66. The average molecular weight is 359 g/mol. The Hall–Kier alpha value is -2.38. The second-order valence-electron chi connectivity index (χ2n) is 6.64. The van der Waals surface area contributed by atoms with Crippen LogP contribution in [0.3, 0.4) is 0 Å². The van der Waals surface area contributed by atoms with Crippen LogP contribution in [0.15, 0.2) is 42.6 Å². The number of ketones is 1. The van der Waals surface area contributed by atoms with E-state index in [4.69, 9.17) is 9.47 Å². The van der Waals surface area contributed by atoms with E-state index in [9.17, 15) is 9.18 Å². The van der Waals surface area contributed by atoms with Crippen LogP contribution in [-0.4, -0.2) is 39.8 Å². The molecular weight excluding hydrogens is 337 g/mol. The summed E-state index contributed by atoms with van der Waals surface area (Å²) in [5.74, 6) is 0.102. The lowest BCUT2D eigenvalue weighted by molar-refractivity contribution is -0.166. The minimum atomic E-state index is -0.674. The maximum Gasteiger partial charge on any atom is 0.186 e. The molecule has 0 bridgehead atoms. The van der Waals surface area contributed by atoms with Gasteiger partial charge in [0.1, 0.15) is 17.6 Å². The van der Waals surface area contributed by atoms with Crippen molar-refractivity contribution in [2.24, 2.45) is 5.92 Å². The molecule has 1 aliphatic rings. The van der Waals surface area contributed by atoms with Gasteiger partial charge in [-0.05, 0) is 48.8 Å². The van der Waals surface area contributed by atoms with E-state index < -0.39 is 12.4 Å². The molecule has 0 saturated carbocycles. The Morgan fingerprint density at radius 3 is 2.81 bits per heavy atom. The van der Waals surface area contributed by atoms with Crippen LogP contribution in [0.5, 0.6) is 0 Å². The molecule has 0 aliphatic carbocycles. The second-order valence-corrected chi connectivity index (χ2v) is 6.64. The van der Waals surface area contributed by atoms with Crippen molar-refractivity contribution < 1.29 is 18.7 Å². The number of aromatic nitrogens is 3. The van der Waals surface area contributed by atoms with Gasteiger partial charge in [-0.3, -0.25) is 4.79 Å². The molecule has 0 fully saturated rings. The van der Waals surface area contributed by atoms with Crippen LogP contribution in [0.2, 0.25) is 0 Å². The van der Waals surface area contributed by atoms with Crippen LogP contribution in [0.4, 0.5) is 4.39 Å². The number of ether oxygens (including phenoxy) is 2. The maximum atomic E-state index is 13.0. The summed E-state index contributed by atoms with van der Waals surface area (Å²) in [7, 11) is 0. The Labute approximate surface area is 151 Å². The van der Waals surface area contributed by atoms with Gasteiger partial charge >= 0.3 is 0 Å². The second kappa shape index (κ2) is 8.33. The van der Waals surface area contributed by atoms with Crippen molar-refractivity contribution in [2.45, 2.75) is 39.2 Å². The smallest absolute Gasteiger partial charge is 0.186 e. The minimum Gasteiger partial charge on any atom is -0.349 e. The Kier molecular flexibility index (Phi) is 5.90. The molecule has 138 valence electrons. The molecule has 0 unspecified atom stereocenters. The first-order chi connectivity index (χ1) is 12.5. The average Bonchev–Trinajstić information content (AvgIpc) is 3.06. The topological polar surface area (TPSA) is 66.2 Å². The number of carbonyl (C=O) groups is 1. The van der Waals surface area contributed by atoms with Crippen molar-refractivity contribution in [3.63, 3.8) is 0 Å². The first-order valence-electron chi connectivity index (χ1n) is 8.66. The third-order valence-electron chi connectivity index (χ3n) is 4.04. The van der Waals surface area contributed by atoms with Crippen LogP contribution in [0, 0.1) is 11.7 Å². The number of benzene rings is 1. The molecule has 2 atom stereocenters. The lowest BCUT2D eigenvalue weighted by Crippen LogP contribution is -2.36.